The van der Waals surface area contributed by atoms with E-state index in [1.54, 1.807) is 0 Å². The number of aromatic nitrogens is 1. The van der Waals surface area contributed by atoms with E-state index in [9.17, 15) is 0 Å². The molecular formula is C13H15N. The predicted molar refractivity (Wildman–Crippen MR) is 59.8 cm³/mol. The highest BCUT2D eigenvalue weighted by atomic mass is 14.6. The third-order valence-corrected chi connectivity index (χ3v) is 2.63. The number of rotatable bonds is 3. The van der Waals surface area contributed by atoms with Gasteiger partial charge in [-0.05, 0) is 29.7 Å². The Morgan fingerprint density at radius 3 is 2.79 bits per heavy atom. The van der Waals surface area contributed by atoms with Crippen molar-refractivity contribution >= 4 is 5.57 Å². The fraction of sp³-hybridized carbons (Fsp3) is 0.308. The third kappa shape index (κ3) is 1.77. The van der Waals surface area contributed by atoms with E-state index < -0.39 is 0 Å². The molecule has 0 aliphatic heterocycles. The van der Waals surface area contributed by atoms with Crippen molar-refractivity contribution in [3.8, 4) is 0 Å². The molecular weight excluding hydrogens is 170 g/mol. The van der Waals surface area contributed by atoms with Crippen LogP contribution in [0.15, 0.2) is 42.8 Å². The van der Waals surface area contributed by atoms with Gasteiger partial charge in [0.25, 0.3) is 0 Å². The van der Waals surface area contributed by atoms with Gasteiger partial charge in [-0.25, -0.2) is 0 Å². The summed E-state index contributed by atoms with van der Waals surface area (Å²) in [6, 6.07) is 4.17. The minimum absolute atomic E-state index is 0.613. The number of nitrogens with zero attached hydrogens (tertiary/aromatic N) is 1. The van der Waals surface area contributed by atoms with Crippen molar-refractivity contribution in [2.45, 2.75) is 19.8 Å². The fourth-order valence-electron chi connectivity index (χ4n) is 1.94. The quantitative estimate of drug-likeness (QED) is 0.702. The van der Waals surface area contributed by atoms with E-state index in [0.717, 1.165) is 0 Å². The summed E-state index contributed by atoms with van der Waals surface area (Å²) in [5, 5.41) is 0. The summed E-state index contributed by atoms with van der Waals surface area (Å²) in [6.45, 7) is 2.23. The number of pyridine rings is 1. The monoisotopic (exact) mass is 185 g/mol. The van der Waals surface area contributed by atoms with Crippen LogP contribution in [0.2, 0.25) is 0 Å². The zero-order valence-corrected chi connectivity index (χ0v) is 8.48. The third-order valence-electron chi connectivity index (χ3n) is 2.63. The summed E-state index contributed by atoms with van der Waals surface area (Å²) >= 11 is 0. The average Bonchev–Trinajstić information content (AvgIpc) is 2.68. The van der Waals surface area contributed by atoms with Gasteiger partial charge < -0.3 is 0 Å². The minimum atomic E-state index is 0.613. The molecule has 1 aromatic heterocycles. The number of hydrogen-bond acceptors (Lipinski definition) is 1. The van der Waals surface area contributed by atoms with Crippen molar-refractivity contribution in [2.24, 2.45) is 5.92 Å². The first-order valence-corrected chi connectivity index (χ1v) is 5.20. The van der Waals surface area contributed by atoms with Gasteiger partial charge in [-0.2, -0.15) is 0 Å². The first kappa shape index (κ1) is 9.20. The van der Waals surface area contributed by atoms with E-state index in [1.165, 1.54) is 24.0 Å². The average molecular weight is 185 g/mol. The van der Waals surface area contributed by atoms with E-state index in [-0.39, 0.29) is 0 Å². The fourth-order valence-corrected chi connectivity index (χ4v) is 1.94. The molecule has 0 saturated heterocycles. The highest BCUT2D eigenvalue weighted by molar-refractivity contribution is 5.72. The topological polar surface area (TPSA) is 12.9 Å². The van der Waals surface area contributed by atoms with E-state index >= 15 is 0 Å². The summed E-state index contributed by atoms with van der Waals surface area (Å²) < 4.78 is 0. The number of allylic oxidation sites excluding steroid dienone is 4. The first-order chi connectivity index (χ1) is 6.92. The standard InChI is InChI=1S/C13H15N/c1-2-4-11-5-3-6-13(11)12-7-9-14-10-8-12/h3,5-11H,2,4H2,1H3. The molecule has 0 amide bonds. The summed E-state index contributed by atoms with van der Waals surface area (Å²) in [7, 11) is 0. The van der Waals surface area contributed by atoms with Crippen molar-refractivity contribution in [2.75, 3.05) is 0 Å². The molecule has 0 saturated carbocycles. The van der Waals surface area contributed by atoms with Crippen LogP contribution in [0, 0.1) is 5.92 Å². The highest BCUT2D eigenvalue weighted by Gasteiger charge is 2.14. The molecule has 1 nitrogen and oxygen atoms in total. The largest absolute Gasteiger partial charge is 0.265 e. The maximum absolute atomic E-state index is 4.04. The molecule has 0 radical (unpaired) electrons. The second kappa shape index (κ2) is 4.23. The van der Waals surface area contributed by atoms with Crippen LogP contribution in [0.4, 0.5) is 0 Å². The van der Waals surface area contributed by atoms with Crippen molar-refractivity contribution in [3.05, 3.63) is 48.3 Å². The Hall–Kier alpha value is -1.37. The number of hydrogen-bond donors (Lipinski definition) is 0. The van der Waals surface area contributed by atoms with Crippen LogP contribution in [-0.2, 0) is 0 Å². The highest BCUT2D eigenvalue weighted by Crippen LogP contribution is 2.31. The Kier molecular flexibility index (Phi) is 2.78. The van der Waals surface area contributed by atoms with Crippen molar-refractivity contribution < 1.29 is 0 Å². The maximum Gasteiger partial charge on any atom is 0.0273 e. The minimum Gasteiger partial charge on any atom is -0.265 e. The van der Waals surface area contributed by atoms with E-state index in [0.29, 0.717) is 5.92 Å². The Bertz CT molecular complexity index is 349. The predicted octanol–water partition coefficient (Wildman–Crippen LogP) is 3.45. The van der Waals surface area contributed by atoms with Crippen LogP contribution in [0.1, 0.15) is 25.3 Å². The van der Waals surface area contributed by atoms with Gasteiger partial charge in [0.2, 0.25) is 0 Å². The smallest absolute Gasteiger partial charge is 0.0273 e. The molecule has 0 spiro atoms. The molecule has 1 aliphatic carbocycles. The van der Waals surface area contributed by atoms with Crippen LogP contribution >= 0.6 is 0 Å². The van der Waals surface area contributed by atoms with Gasteiger partial charge in [-0.3, -0.25) is 4.98 Å². The molecule has 1 unspecified atom stereocenters. The lowest BCUT2D eigenvalue weighted by Gasteiger charge is -2.12. The normalized spacial score (nSPS) is 19.8. The molecule has 0 fully saturated rings. The van der Waals surface area contributed by atoms with Gasteiger partial charge in [0.15, 0.2) is 0 Å². The van der Waals surface area contributed by atoms with E-state index in [4.69, 9.17) is 0 Å². The van der Waals surface area contributed by atoms with Gasteiger partial charge in [0.1, 0.15) is 0 Å². The molecule has 0 N–H and O–H groups in total. The van der Waals surface area contributed by atoms with Crippen LogP contribution in [0.25, 0.3) is 5.57 Å². The van der Waals surface area contributed by atoms with Gasteiger partial charge in [-0.1, -0.05) is 31.6 Å². The van der Waals surface area contributed by atoms with E-state index in [1.807, 2.05) is 12.4 Å². The lowest BCUT2D eigenvalue weighted by molar-refractivity contribution is 0.711. The van der Waals surface area contributed by atoms with Crippen LogP contribution < -0.4 is 0 Å². The van der Waals surface area contributed by atoms with Crippen molar-refractivity contribution in [1.29, 1.82) is 0 Å². The van der Waals surface area contributed by atoms with Crippen LogP contribution in [-0.4, -0.2) is 4.98 Å². The second-order valence-corrected chi connectivity index (χ2v) is 3.64. The molecule has 1 atom stereocenters. The van der Waals surface area contributed by atoms with Crippen molar-refractivity contribution in [3.63, 3.8) is 0 Å². The van der Waals surface area contributed by atoms with Gasteiger partial charge in [-0.15, -0.1) is 0 Å². The lowest BCUT2D eigenvalue weighted by Crippen LogP contribution is -1.97. The van der Waals surface area contributed by atoms with Gasteiger partial charge in [0, 0.05) is 18.3 Å². The zero-order valence-electron chi connectivity index (χ0n) is 8.48. The molecule has 72 valence electrons. The zero-order chi connectivity index (χ0) is 9.80. The lowest BCUT2D eigenvalue weighted by atomic mass is 9.93. The molecule has 1 aliphatic rings. The van der Waals surface area contributed by atoms with Crippen LogP contribution in [0.3, 0.4) is 0 Å². The summed E-state index contributed by atoms with van der Waals surface area (Å²) in [6.07, 6.45) is 12.9. The van der Waals surface area contributed by atoms with Gasteiger partial charge >= 0.3 is 0 Å². The Morgan fingerprint density at radius 1 is 1.29 bits per heavy atom. The maximum atomic E-state index is 4.04. The second-order valence-electron chi connectivity index (χ2n) is 3.64. The molecule has 0 bridgehead atoms. The molecule has 14 heavy (non-hydrogen) atoms. The molecule has 1 heteroatoms. The first-order valence-electron chi connectivity index (χ1n) is 5.20. The molecule has 1 heterocycles. The summed E-state index contributed by atoms with van der Waals surface area (Å²) in [5.74, 6) is 0.613. The van der Waals surface area contributed by atoms with Gasteiger partial charge in [0.05, 0.1) is 0 Å². The SMILES string of the molecule is CCCC1C=CC=C1c1ccncc1. The Morgan fingerprint density at radius 2 is 2.07 bits per heavy atom. The molecule has 1 aromatic rings. The molecule has 0 aromatic carbocycles. The molecule has 2 rings (SSSR count). The van der Waals surface area contributed by atoms with Crippen molar-refractivity contribution in [1.82, 2.24) is 4.98 Å². The Labute approximate surface area is 85.2 Å². The summed E-state index contributed by atoms with van der Waals surface area (Å²) in [5.41, 5.74) is 2.75. The van der Waals surface area contributed by atoms with E-state index in [2.05, 4.69) is 42.3 Å². The summed E-state index contributed by atoms with van der Waals surface area (Å²) in [4.78, 5) is 4.04. The Balaban J connectivity index is 2.20. The van der Waals surface area contributed by atoms with Crippen LogP contribution in [0.5, 0.6) is 0 Å².